The number of aromatic nitrogens is 4. The monoisotopic (exact) mass is 355 g/mol. The second-order valence-electron chi connectivity index (χ2n) is 6.10. The van der Waals surface area contributed by atoms with Crippen LogP contribution in [0.5, 0.6) is 0 Å². The SMILES string of the molecule is Cc1nc(S[C@@H](C)C(=O)Nc2ccnn2C(C)C)c2ccccc2n1. The van der Waals surface area contributed by atoms with Crippen molar-refractivity contribution >= 4 is 34.4 Å². The summed E-state index contributed by atoms with van der Waals surface area (Å²) in [7, 11) is 0. The van der Waals surface area contributed by atoms with Gasteiger partial charge >= 0.3 is 0 Å². The van der Waals surface area contributed by atoms with Crippen LogP contribution in [0.25, 0.3) is 10.9 Å². The zero-order valence-electron chi connectivity index (χ0n) is 14.7. The third-order valence-corrected chi connectivity index (χ3v) is 4.85. The smallest absolute Gasteiger partial charge is 0.238 e. The van der Waals surface area contributed by atoms with E-state index in [0.29, 0.717) is 11.6 Å². The highest BCUT2D eigenvalue weighted by Crippen LogP contribution is 2.29. The highest BCUT2D eigenvalue weighted by Gasteiger charge is 2.19. The van der Waals surface area contributed by atoms with Crippen LogP contribution in [0.3, 0.4) is 0 Å². The number of para-hydroxylation sites is 1. The molecular formula is C18H21N5OS. The Bertz CT molecular complexity index is 905. The molecule has 7 heteroatoms. The molecule has 1 N–H and O–H groups in total. The molecule has 0 spiro atoms. The van der Waals surface area contributed by atoms with Gasteiger partial charge in [0.05, 0.1) is 17.0 Å². The summed E-state index contributed by atoms with van der Waals surface area (Å²) in [5.41, 5.74) is 0.892. The van der Waals surface area contributed by atoms with E-state index < -0.39 is 0 Å². The standard InChI is InChI=1S/C18H21N5OS/c1-11(2)23-16(9-10-19-23)22-17(24)12(3)25-18-14-7-5-6-8-15(14)20-13(4)21-18/h5-12H,1-4H3,(H,22,24)/t12-/m0/s1. The van der Waals surface area contributed by atoms with E-state index in [9.17, 15) is 4.79 Å². The average molecular weight is 355 g/mol. The highest BCUT2D eigenvalue weighted by molar-refractivity contribution is 8.00. The molecule has 0 saturated carbocycles. The van der Waals surface area contributed by atoms with Crippen molar-refractivity contribution in [2.24, 2.45) is 0 Å². The highest BCUT2D eigenvalue weighted by atomic mass is 32.2. The lowest BCUT2D eigenvalue weighted by Gasteiger charge is -2.15. The summed E-state index contributed by atoms with van der Waals surface area (Å²) in [6.45, 7) is 7.79. The lowest BCUT2D eigenvalue weighted by molar-refractivity contribution is -0.115. The van der Waals surface area contributed by atoms with Crippen molar-refractivity contribution in [1.29, 1.82) is 0 Å². The molecule has 1 atom stereocenters. The van der Waals surface area contributed by atoms with E-state index in [1.807, 2.05) is 52.0 Å². The van der Waals surface area contributed by atoms with Crippen LogP contribution in [0.4, 0.5) is 5.82 Å². The van der Waals surface area contributed by atoms with Crippen LogP contribution in [-0.2, 0) is 4.79 Å². The van der Waals surface area contributed by atoms with Crippen LogP contribution in [-0.4, -0.2) is 30.9 Å². The van der Waals surface area contributed by atoms with Gasteiger partial charge in [0.2, 0.25) is 5.91 Å². The first-order chi connectivity index (χ1) is 12.0. The summed E-state index contributed by atoms with van der Waals surface area (Å²) in [4.78, 5) is 21.6. The Hall–Kier alpha value is -2.41. The molecule has 130 valence electrons. The van der Waals surface area contributed by atoms with E-state index in [-0.39, 0.29) is 17.2 Å². The number of benzene rings is 1. The fourth-order valence-corrected chi connectivity index (χ4v) is 3.51. The normalized spacial score (nSPS) is 12.5. The van der Waals surface area contributed by atoms with Crippen LogP contribution in [0.2, 0.25) is 0 Å². The number of fused-ring (bicyclic) bond motifs is 1. The Labute approximate surface area is 151 Å². The van der Waals surface area contributed by atoms with Crippen molar-refractivity contribution in [3.05, 3.63) is 42.4 Å². The van der Waals surface area contributed by atoms with Crippen molar-refractivity contribution in [1.82, 2.24) is 19.7 Å². The molecule has 25 heavy (non-hydrogen) atoms. The number of thioether (sulfide) groups is 1. The molecule has 0 unspecified atom stereocenters. The Morgan fingerprint density at radius 1 is 1.16 bits per heavy atom. The maximum atomic E-state index is 12.6. The van der Waals surface area contributed by atoms with Crippen LogP contribution in [0, 0.1) is 6.92 Å². The lowest BCUT2D eigenvalue weighted by Crippen LogP contribution is -2.24. The summed E-state index contributed by atoms with van der Waals surface area (Å²) >= 11 is 1.44. The summed E-state index contributed by atoms with van der Waals surface area (Å²) < 4.78 is 1.79. The third-order valence-electron chi connectivity index (χ3n) is 3.75. The van der Waals surface area contributed by atoms with Crippen molar-refractivity contribution in [2.75, 3.05) is 5.32 Å². The van der Waals surface area contributed by atoms with Gasteiger partial charge in [-0.15, -0.1) is 0 Å². The van der Waals surface area contributed by atoms with E-state index in [1.54, 1.807) is 16.9 Å². The maximum absolute atomic E-state index is 12.6. The summed E-state index contributed by atoms with van der Waals surface area (Å²) in [5, 5.41) is 8.68. The van der Waals surface area contributed by atoms with Gasteiger partial charge in [0.1, 0.15) is 16.7 Å². The zero-order valence-corrected chi connectivity index (χ0v) is 15.5. The van der Waals surface area contributed by atoms with Gasteiger partial charge < -0.3 is 5.32 Å². The van der Waals surface area contributed by atoms with Crippen LogP contribution in [0.1, 0.15) is 32.6 Å². The molecular weight excluding hydrogens is 334 g/mol. The van der Waals surface area contributed by atoms with Crippen LogP contribution in [0.15, 0.2) is 41.6 Å². The number of nitrogens with one attached hydrogen (secondary N) is 1. The van der Waals surface area contributed by atoms with E-state index in [1.165, 1.54) is 11.8 Å². The van der Waals surface area contributed by atoms with Gasteiger partial charge in [-0.05, 0) is 33.8 Å². The van der Waals surface area contributed by atoms with Gasteiger partial charge in [-0.25, -0.2) is 14.6 Å². The number of hydrogen-bond donors (Lipinski definition) is 1. The van der Waals surface area contributed by atoms with Gasteiger partial charge in [0, 0.05) is 17.5 Å². The molecule has 1 aromatic carbocycles. The molecule has 0 aliphatic carbocycles. The molecule has 3 rings (SSSR count). The number of amides is 1. The van der Waals surface area contributed by atoms with Crippen LogP contribution < -0.4 is 5.32 Å². The second kappa shape index (κ2) is 7.23. The number of hydrogen-bond acceptors (Lipinski definition) is 5. The number of aryl methyl sites for hydroxylation is 1. The Balaban J connectivity index is 1.79. The molecule has 0 fully saturated rings. The minimum atomic E-state index is -0.298. The van der Waals surface area contributed by atoms with E-state index >= 15 is 0 Å². The molecule has 0 saturated heterocycles. The van der Waals surface area contributed by atoms with Crippen molar-refractivity contribution in [2.45, 2.75) is 44.0 Å². The zero-order chi connectivity index (χ0) is 18.0. The first-order valence-electron chi connectivity index (χ1n) is 8.20. The number of anilines is 1. The molecule has 3 aromatic rings. The van der Waals surface area contributed by atoms with Crippen LogP contribution >= 0.6 is 11.8 Å². The summed E-state index contributed by atoms with van der Waals surface area (Å²) in [5.74, 6) is 1.33. The summed E-state index contributed by atoms with van der Waals surface area (Å²) in [6.07, 6.45) is 1.69. The predicted molar refractivity (Wildman–Crippen MR) is 101 cm³/mol. The molecule has 2 aromatic heterocycles. The van der Waals surface area contributed by atoms with Gasteiger partial charge in [-0.2, -0.15) is 5.10 Å². The first kappa shape index (κ1) is 17.4. The Kier molecular flexibility index (Phi) is 5.03. The molecule has 0 bridgehead atoms. The van der Waals surface area contributed by atoms with Gasteiger partial charge in [0.25, 0.3) is 0 Å². The van der Waals surface area contributed by atoms with E-state index in [2.05, 4.69) is 20.4 Å². The second-order valence-corrected chi connectivity index (χ2v) is 7.43. The molecule has 2 heterocycles. The van der Waals surface area contributed by atoms with Crippen molar-refractivity contribution in [3.8, 4) is 0 Å². The largest absolute Gasteiger partial charge is 0.310 e. The first-order valence-corrected chi connectivity index (χ1v) is 9.08. The average Bonchev–Trinajstić information content (AvgIpc) is 3.03. The molecule has 0 aliphatic heterocycles. The lowest BCUT2D eigenvalue weighted by atomic mass is 10.2. The number of carbonyl (C=O) groups excluding carboxylic acids is 1. The maximum Gasteiger partial charge on any atom is 0.238 e. The predicted octanol–water partition coefficient (Wildman–Crippen LogP) is 3.83. The minimum absolute atomic E-state index is 0.0762. The minimum Gasteiger partial charge on any atom is -0.310 e. The van der Waals surface area contributed by atoms with Crippen molar-refractivity contribution < 1.29 is 4.79 Å². The topological polar surface area (TPSA) is 72.7 Å². The van der Waals surface area contributed by atoms with Gasteiger partial charge in [-0.1, -0.05) is 30.0 Å². The van der Waals surface area contributed by atoms with E-state index in [4.69, 9.17) is 0 Å². The van der Waals surface area contributed by atoms with Crippen molar-refractivity contribution in [3.63, 3.8) is 0 Å². The Morgan fingerprint density at radius 2 is 1.92 bits per heavy atom. The fraction of sp³-hybridized carbons (Fsp3) is 0.333. The number of carbonyl (C=O) groups is 1. The Morgan fingerprint density at radius 3 is 2.68 bits per heavy atom. The fourth-order valence-electron chi connectivity index (χ4n) is 2.52. The molecule has 0 aliphatic rings. The van der Waals surface area contributed by atoms with Gasteiger partial charge in [0.15, 0.2) is 0 Å². The summed E-state index contributed by atoms with van der Waals surface area (Å²) in [6, 6.07) is 9.83. The van der Waals surface area contributed by atoms with E-state index in [0.717, 1.165) is 15.9 Å². The third kappa shape index (κ3) is 3.82. The molecule has 6 nitrogen and oxygen atoms in total. The number of rotatable bonds is 5. The quantitative estimate of drug-likeness (QED) is 0.556. The van der Waals surface area contributed by atoms with Gasteiger partial charge in [-0.3, -0.25) is 4.79 Å². The molecule has 1 amide bonds. The number of nitrogens with zero attached hydrogens (tertiary/aromatic N) is 4. The molecule has 0 radical (unpaired) electrons.